The van der Waals surface area contributed by atoms with E-state index in [-0.39, 0.29) is 6.04 Å². The summed E-state index contributed by atoms with van der Waals surface area (Å²) in [5.41, 5.74) is 8.04. The summed E-state index contributed by atoms with van der Waals surface area (Å²) in [4.78, 5) is 5.93. The van der Waals surface area contributed by atoms with E-state index in [2.05, 4.69) is 40.0 Å². The highest BCUT2D eigenvalue weighted by atomic mass is 79.9. The lowest BCUT2D eigenvalue weighted by atomic mass is 10.1. The highest BCUT2D eigenvalue weighted by molar-refractivity contribution is 9.10. The lowest BCUT2D eigenvalue weighted by Crippen LogP contribution is -2.17. The van der Waals surface area contributed by atoms with Gasteiger partial charge < -0.3 is 5.73 Å². The maximum Gasteiger partial charge on any atom is 0.0950 e. The number of hydrogen-bond donors (Lipinski definition) is 1. The van der Waals surface area contributed by atoms with Crippen LogP contribution in [0.25, 0.3) is 11.3 Å². The van der Waals surface area contributed by atoms with E-state index in [1.807, 2.05) is 19.1 Å². The van der Waals surface area contributed by atoms with Gasteiger partial charge in [-0.15, -0.1) is 11.3 Å². The molecule has 1 heterocycles. The van der Waals surface area contributed by atoms with Gasteiger partial charge in [-0.1, -0.05) is 28.1 Å². The van der Waals surface area contributed by atoms with Gasteiger partial charge in [-0.3, -0.25) is 0 Å². The Bertz CT molecular complexity index is 520. The van der Waals surface area contributed by atoms with E-state index in [9.17, 15) is 0 Å². The first-order valence-electron chi connectivity index (χ1n) is 5.54. The third kappa shape index (κ3) is 3.15. The number of aromatic nitrogens is 1. The Hall–Kier alpha value is -0.710. The van der Waals surface area contributed by atoms with Crippen molar-refractivity contribution in [1.82, 2.24) is 4.98 Å². The maximum atomic E-state index is 5.81. The van der Waals surface area contributed by atoms with Gasteiger partial charge in [0.1, 0.15) is 0 Å². The number of rotatable bonds is 3. The SMILES string of the molecule is Cc1sc(CC(C)N)nc1-c1cccc(Br)c1. The van der Waals surface area contributed by atoms with Crippen molar-refractivity contribution in [2.75, 3.05) is 0 Å². The number of hydrogen-bond acceptors (Lipinski definition) is 3. The summed E-state index contributed by atoms with van der Waals surface area (Å²) in [6, 6.07) is 8.40. The highest BCUT2D eigenvalue weighted by Crippen LogP contribution is 2.29. The highest BCUT2D eigenvalue weighted by Gasteiger charge is 2.11. The van der Waals surface area contributed by atoms with Crippen LogP contribution in [0.2, 0.25) is 0 Å². The van der Waals surface area contributed by atoms with Crippen molar-refractivity contribution in [1.29, 1.82) is 0 Å². The van der Waals surface area contributed by atoms with E-state index < -0.39 is 0 Å². The molecule has 0 fully saturated rings. The first-order valence-corrected chi connectivity index (χ1v) is 7.15. The topological polar surface area (TPSA) is 38.9 Å². The molecule has 4 heteroatoms. The van der Waals surface area contributed by atoms with Crippen LogP contribution in [-0.4, -0.2) is 11.0 Å². The number of aryl methyl sites for hydroxylation is 1. The third-order valence-corrected chi connectivity index (χ3v) is 3.92. The normalized spacial score (nSPS) is 12.7. The Labute approximate surface area is 114 Å². The number of nitrogens with zero attached hydrogens (tertiary/aromatic N) is 1. The molecular formula is C13H15BrN2S. The molecule has 0 aliphatic rings. The first kappa shape index (κ1) is 12.7. The van der Waals surface area contributed by atoms with Crippen molar-refractivity contribution in [2.45, 2.75) is 26.3 Å². The molecule has 2 N–H and O–H groups in total. The van der Waals surface area contributed by atoms with Crippen molar-refractivity contribution >= 4 is 27.3 Å². The lowest BCUT2D eigenvalue weighted by Gasteiger charge is -2.00. The second-order valence-corrected chi connectivity index (χ2v) is 6.41. The van der Waals surface area contributed by atoms with Gasteiger partial charge >= 0.3 is 0 Å². The number of thiazole rings is 1. The second-order valence-electron chi connectivity index (χ2n) is 4.20. The molecule has 0 aliphatic heterocycles. The summed E-state index contributed by atoms with van der Waals surface area (Å²) in [6.07, 6.45) is 0.847. The smallest absolute Gasteiger partial charge is 0.0950 e. The van der Waals surface area contributed by atoms with E-state index in [1.54, 1.807) is 11.3 Å². The van der Waals surface area contributed by atoms with Gasteiger partial charge in [0.25, 0.3) is 0 Å². The molecule has 0 saturated heterocycles. The van der Waals surface area contributed by atoms with Gasteiger partial charge in [0.2, 0.25) is 0 Å². The van der Waals surface area contributed by atoms with Crippen LogP contribution in [0.4, 0.5) is 0 Å². The average molecular weight is 311 g/mol. The fourth-order valence-electron chi connectivity index (χ4n) is 1.72. The van der Waals surface area contributed by atoms with E-state index in [4.69, 9.17) is 5.73 Å². The van der Waals surface area contributed by atoms with Crippen molar-refractivity contribution in [3.8, 4) is 11.3 Å². The standard InChI is InChI=1S/C13H15BrN2S/c1-8(15)6-12-16-13(9(2)17-12)10-4-3-5-11(14)7-10/h3-5,7-8H,6,15H2,1-2H3. The minimum absolute atomic E-state index is 0.163. The first-order chi connectivity index (χ1) is 8.06. The minimum atomic E-state index is 0.163. The summed E-state index contributed by atoms with van der Waals surface area (Å²) >= 11 is 5.22. The molecule has 0 spiro atoms. The molecule has 1 aromatic heterocycles. The van der Waals surface area contributed by atoms with E-state index in [0.717, 1.165) is 27.2 Å². The Kier molecular flexibility index (Phi) is 3.97. The van der Waals surface area contributed by atoms with Crippen molar-refractivity contribution < 1.29 is 0 Å². The molecule has 0 radical (unpaired) electrons. The van der Waals surface area contributed by atoms with Crippen LogP contribution < -0.4 is 5.73 Å². The molecule has 2 rings (SSSR count). The zero-order valence-corrected chi connectivity index (χ0v) is 12.3. The van der Waals surface area contributed by atoms with Crippen LogP contribution in [0.1, 0.15) is 16.8 Å². The molecule has 0 bridgehead atoms. The average Bonchev–Trinajstić information content (AvgIpc) is 2.58. The molecule has 2 aromatic rings. The summed E-state index contributed by atoms with van der Waals surface area (Å²) in [5.74, 6) is 0. The number of benzene rings is 1. The molecule has 90 valence electrons. The van der Waals surface area contributed by atoms with Gasteiger partial charge in [0.15, 0.2) is 0 Å². The summed E-state index contributed by atoms with van der Waals surface area (Å²) in [6.45, 7) is 4.12. The third-order valence-electron chi connectivity index (χ3n) is 2.44. The van der Waals surface area contributed by atoms with Crippen LogP contribution >= 0.6 is 27.3 Å². The Morgan fingerprint density at radius 2 is 2.24 bits per heavy atom. The van der Waals surface area contributed by atoms with E-state index >= 15 is 0 Å². The predicted molar refractivity (Wildman–Crippen MR) is 77.3 cm³/mol. The molecule has 0 saturated carbocycles. The minimum Gasteiger partial charge on any atom is -0.328 e. The number of halogens is 1. The summed E-state index contributed by atoms with van der Waals surface area (Å²) < 4.78 is 1.08. The van der Waals surface area contributed by atoms with Crippen LogP contribution in [0.5, 0.6) is 0 Å². The summed E-state index contributed by atoms with van der Waals surface area (Å²) in [7, 11) is 0. The van der Waals surface area contributed by atoms with Gasteiger partial charge in [0.05, 0.1) is 10.7 Å². The van der Waals surface area contributed by atoms with Crippen molar-refractivity contribution in [2.24, 2.45) is 5.73 Å². The van der Waals surface area contributed by atoms with Crippen LogP contribution in [0, 0.1) is 6.92 Å². The molecule has 1 aromatic carbocycles. The van der Waals surface area contributed by atoms with E-state index in [0.29, 0.717) is 0 Å². The molecule has 0 amide bonds. The zero-order valence-electron chi connectivity index (χ0n) is 9.90. The molecule has 0 aliphatic carbocycles. The quantitative estimate of drug-likeness (QED) is 0.937. The van der Waals surface area contributed by atoms with Gasteiger partial charge in [-0.05, 0) is 26.0 Å². The monoisotopic (exact) mass is 310 g/mol. The number of nitrogens with two attached hydrogens (primary N) is 1. The van der Waals surface area contributed by atoms with Gasteiger partial charge in [-0.2, -0.15) is 0 Å². The Morgan fingerprint density at radius 3 is 2.88 bits per heavy atom. The molecule has 1 unspecified atom stereocenters. The van der Waals surface area contributed by atoms with E-state index in [1.165, 1.54) is 4.88 Å². The molecule has 1 atom stereocenters. The van der Waals surface area contributed by atoms with Gasteiger partial charge in [-0.25, -0.2) is 4.98 Å². The Balaban J connectivity index is 2.36. The van der Waals surface area contributed by atoms with Crippen LogP contribution in [0.3, 0.4) is 0 Å². The fourth-order valence-corrected chi connectivity index (χ4v) is 3.21. The zero-order chi connectivity index (χ0) is 12.4. The van der Waals surface area contributed by atoms with Crippen molar-refractivity contribution in [3.63, 3.8) is 0 Å². The molecule has 17 heavy (non-hydrogen) atoms. The second kappa shape index (κ2) is 5.29. The lowest BCUT2D eigenvalue weighted by molar-refractivity contribution is 0.734. The Morgan fingerprint density at radius 1 is 1.47 bits per heavy atom. The largest absolute Gasteiger partial charge is 0.328 e. The fraction of sp³-hybridized carbons (Fsp3) is 0.308. The van der Waals surface area contributed by atoms with Gasteiger partial charge in [0, 0.05) is 27.4 Å². The maximum absolute atomic E-state index is 5.81. The van der Waals surface area contributed by atoms with Crippen molar-refractivity contribution in [3.05, 3.63) is 38.6 Å². The summed E-state index contributed by atoms with van der Waals surface area (Å²) in [5, 5.41) is 1.12. The predicted octanol–water partition coefficient (Wildman–Crippen LogP) is 3.77. The van der Waals surface area contributed by atoms with Crippen LogP contribution in [0.15, 0.2) is 28.7 Å². The molecule has 2 nitrogen and oxygen atoms in total. The molecular weight excluding hydrogens is 296 g/mol. The van der Waals surface area contributed by atoms with Crippen LogP contribution in [-0.2, 0) is 6.42 Å².